The summed E-state index contributed by atoms with van der Waals surface area (Å²) in [7, 11) is 3.29. The van der Waals surface area contributed by atoms with E-state index < -0.39 is 0 Å². The first-order chi connectivity index (χ1) is 12.1. The van der Waals surface area contributed by atoms with Gasteiger partial charge in [-0.15, -0.1) is 0 Å². The van der Waals surface area contributed by atoms with E-state index in [9.17, 15) is 0 Å². The average Bonchev–Trinajstić information content (AvgIpc) is 2.64. The number of hydrogen-bond donors (Lipinski definition) is 1. The van der Waals surface area contributed by atoms with E-state index in [4.69, 9.17) is 19.9 Å². The Balaban J connectivity index is 2.15. The molecule has 0 radical (unpaired) electrons. The quantitative estimate of drug-likeness (QED) is 0.747. The Morgan fingerprint density at radius 3 is 2.36 bits per heavy atom. The molecule has 25 heavy (non-hydrogen) atoms. The van der Waals surface area contributed by atoms with Gasteiger partial charge in [-0.2, -0.15) is 0 Å². The van der Waals surface area contributed by atoms with Gasteiger partial charge < -0.3 is 19.9 Å². The van der Waals surface area contributed by atoms with Crippen LogP contribution in [-0.2, 0) is 6.42 Å². The molecule has 1 atom stereocenters. The monoisotopic (exact) mass is 343 g/mol. The Hall–Kier alpha value is -2.20. The molecule has 0 spiro atoms. The van der Waals surface area contributed by atoms with Gasteiger partial charge in [-0.25, -0.2) is 0 Å². The summed E-state index contributed by atoms with van der Waals surface area (Å²) in [6.07, 6.45) is 0.852. The van der Waals surface area contributed by atoms with Crippen LogP contribution < -0.4 is 19.9 Å². The minimum Gasteiger partial charge on any atom is -0.493 e. The van der Waals surface area contributed by atoms with Crippen molar-refractivity contribution < 1.29 is 14.2 Å². The molecule has 0 aliphatic rings. The number of nitrogens with two attached hydrogens (primary N) is 1. The van der Waals surface area contributed by atoms with Crippen molar-refractivity contribution in [3.8, 4) is 17.2 Å². The molecule has 0 aliphatic carbocycles. The largest absolute Gasteiger partial charge is 0.493 e. The zero-order valence-electron chi connectivity index (χ0n) is 15.6. The molecule has 2 rings (SSSR count). The second kappa shape index (κ2) is 9.33. The Morgan fingerprint density at radius 2 is 1.72 bits per heavy atom. The van der Waals surface area contributed by atoms with Gasteiger partial charge in [0.2, 0.25) is 0 Å². The number of rotatable bonds is 9. The van der Waals surface area contributed by atoms with E-state index in [-0.39, 0.29) is 5.92 Å². The molecule has 0 aliphatic heterocycles. The molecule has 4 heteroatoms. The van der Waals surface area contributed by atoms with Gasteiger partial charge in [0.1, 0.15) is 5.75 Å². The first-order valence-corrected chi connectivity index (χ1v) is 8.71. The van der Waals surface area contributed by atoms with Gasteiger partial charge in [-0.3, -0.25) is 0 Å². The maximum Gasteiger partial charge on any atom is 0.160 e. The van der Waals surface area contributed by atoms with Crippen LogP contribution in [0.4, 0.5) is 0 Å². The van der Waals surface area contributed by atoms with Gasteiger partial charge in [0.25, 0.3) is 0 Å². The van der Waals surface area contributed by atoms with Crippen LogP contribution in [0, 0.1) is 5.92 Å². The van der Waals surface area contributed by atoms with Crippen molar-refractivity contribution >= 4 is 0 Å². The zero-order chi connectivity index (χ0) is 18.2. The lowest BCUT2D eigenvalue weighted by Gasteiger charge is -2.18. The second-order valence-corrected chi connectivity index (χ2v) is 6.60. The van der Waals surface area contributed by atoms with E-state index in [0.717, 1.165) is 35.8 Å². The Labute approximate surface area is 150 Å². The van der Waals surface area contributed by atoms with Crippen molar-refractivity contribution in [3.05, 3.63) is 53.6 Å². The van der Waals surface area contributed by atoms with Crippen LogP contribution in [0.1, 0.15) is 30.9 Å². The topological polar surface area (TPSA) is 53.7 Å². The third kappa shape index (κ3) is 5.40. The van der Waals surface area contributed by atoms with Crippen molar-refractivity contribution in [2.45, 2.75) is 26.2 Å². The number of hydrogen-bond acceptors (Lipinski definition) is 4. The Kier molecular flexibility index (Phi) is 7.14. The molecule has 1 unspecified atom stereocenters. The molecule has 0 aromatic heterocycles. The first-order valence-electron chi connectivity index (χ1n) is 8.71. The average molecular weight is 343 g/mol. The van der Waals surface area contributed by atoms with Gasteiger partial charge in [0, 0.05) is 5.92 Å². The molecule has 2 N–H and O–H groups in total. The molecule has 2 aromatic carbocycles. The van der Waals surface area contributed by atoms with E-state index in [1.807, 2.05) is 24.3 Å². The minimum atomic E-state index is 0.208. The summed E-state index contributed by atoms with van der Waals surface area (Å²) in [5, 5.41) is 0. The van der Waals surface area contributed by atoms with Crippen LogP contribution in [0.5, 0.6) is 17.2 Å². The highest BCUT2D eigenvalue weighted by Gasteiger charge is 2.14. The molecule has 4 nitrogen and oxygen atoms in total. The highest BCUT2D eigenvalue weighted by atomic mass is 16.5. The second-order valence-electron chi connectivity index (χ2n) is 6.60. The highest BCUT2D eigenvalue weighted by molar-refractivity contribution is 5.44. The maximum atomic E-state index is 6.05. The van der Waals surface area contributed by atoms with Crippen LogP contribution in [-0.4, -0.2) is 27.4 Å². The van der Waals surface area contributed by atoms with Gasteiger partial charge >= 0.3 is 0 Å². The molecule has 0 fully saturated rings. The SMILES string of the molecule is COc1ccc(C(CN)Cc2cccc(OCC(C)C)c2)cc1OC. The summed E-state index contributed by atoms with van der Waals surface area (Å²) in [5.41, 5.74) is 8.41. The molecular formula is C21H29NO3. The summed E-state index contributed by atoms with van der Waals surface area (Å²) in [6, 6.07) is 14.2. The third-order valence-corrected chi connectivity index (χ3v) is 4.13. The lowest BCUT2D eigenvalue weighted by molar-refractivity contribution is 0.271. The fourth-order valence-corrected chi connectivity index (χ4v) is 2.75. The molecule has 136 valence electrons. The van der Waals surface area contributed by atoms with E-state index in [2.05, 4.69) is 32.0 Å². The van der Waals surface area contributed by atoms with E-state index in [1.165, 1.54) is 5.56 Å². The minimum absolute atomic E-state index is 0.208. The molecular weight excluding hydrogens is 314 g/mol. The summed E-state index contributed by atoms with van der Waals surface area (Å²) in [5.74, 6) is 3.08. The molecule has 0 saturated carbocycles. The Bertz CT molecular complexity index is 670. The first kappa shape index (κ1) is 19.1. The summed E-state index contributed by atoms with van der Waals surface area (Å²) < 4.78 is 16.5. The summed E-state index contributed by atoms with van der Waals surface area (Å²) in [4.78, 5) is 0. The van der Waals surface area contributed by atoms with Crippen molar-refractivity contribution in [1.82, 2.24) is 0 Å². The van der Waals surface area contributed by atoms with Gasteiger partial charge in [-0.1, -0.05) is 32.0 Å². The fourth-order valence-electron chi connectivity index (χ4n) is 2.75. The Morgan fingerprint density at radius 1 is 0.960 bits per heavy atom. The maximum absolute atomic E-state index is 6.05. The van der Waals surface area contributed by atoms with Crippen molar-refractivity contribution in [3.63, 3.8) is 0 Å². The van der Waals surface area contributed by atoms with Crippen molar-refractivity contribution in [2.24, 2.45) is 11.7 Å². The summed E-state index contributed by atoms with van der Waals surface area (Å²) in [6.45, 7) is 5.57. The molecule has 2 aromatic rings. The molecule has 0 amide bonds. The summed E-state index contributed by atoms with van der Waals surface area (Å²) >= 11 is 0. The molecule has 0 heterocycles. The van der Waals surface area contributed by atoms with Crippen molar-refractivity contribution in [1.29, 1.82) is 0 Å². The normalized spacial score (nSPS) is 12.1. The fraction of sp³-hybridized carbons (Fsp3) is 0.429. The van der Waals surface area contributed by atoms with Crippen LogP contribution >= 0.6 is 0 Å². The van der Waals surface area contributed by atoms with Crippen LogP contribution in [0.15, 0.2) is 42.5 Å². The predicted octanol–water partition coefficient (Wildman–Crippen LogP) is 4.02. The van der Waals surface area contributed by atoms with Crippen LogP contribution in [0.25, 0.3) is 0 Å². The number of methoxy groups -OCH3 is 2. The highest BCUT2D eigenvalue weighted by Crippen LogP contribution is 2.32. The van der Waals surface area contributed by atoms with E-state index in [0.29, 0.717) is 12.5 Å². The standard InChI is InChI=1S/C21H29NO3/c1-15(2)14-25-19-7-5-6-16(11-19)10-18(13-22)17-8-9-20(23-3)21(12-17)24-4/h5-9,11-12,15,18H,10,13-14,22H2,1-4H3. The lowest BCUT2D eigenvalue weighted by atomic mass is 9.91. The van der Waals surface area contributed by atoms with Crippen molar-refractivity contribution in [2.75, 3.05) is 27.4 Å². The van der Waals surface area contributed by atoms with Gasteiger partial charge in [0.15, 0.2) is 11.5 Å². The lowest BCUT2D eigenvalue weighted by Crippen LogP contribution is -2.15. The van der Waals surface area contributed by atoms with Gasteiger partial charge in [-0.05, 0) is 54.3 Å². The van der Waals surface area contributed by atoms with Gasteiger partial charge in [0.05, 0.1) is 20.8 Å². The van der Waals surface area contributed by atoms with Crippen LogP contribution in [0.3, 0.4) is 0 Å². The molecule has 0 bridgehead atoms. The smallest absolute Gasteiger partial charge is 0.160 e. The number of ether oxygens (including phenoxy) is 3. The molecule has 0 saturated heterocycles. The number of benzene rings is 2. The zero-order valence-corrected chi connectivity index (χ0v) is 15.6. The predicted molar refractivity (Wildman–Crippen MR) is 102 cm³/mol. The third-order valence-electron chi connectivity index (χ3n) is 4.13. The van der Waals surface area contributed by atoms with E-state index in [1.54, 1.807) is 14.2 Å². The van der Waals surface area contributed by atoms with Crippen LogP contribution in [0.2, 0.25) is 0 Å². The van der Waals surface area contributed by atoms with E-state index >= 15 is 0 Å².